The fraction of sp³-hybridized carbons (Fsp3) is 0.659. The summed E-state index contributed by atoms with van der Waals surface area (Å²) in [6.45, 7) is 1.94. The molecule has 56 heavy (non-hydrogen) atoms. The Balaban J connectivity index is 1.16. The van der Waals surface area contributed by atoms with Crippen molar-refractivity contribution in [1.82, 2.24) is 14.6 Å². The van der Waals surface area contributed by atoms with Gasteiger partial charge >= 0.3 is 7.82 Å². The molecule has 4 rings (SSSR count). The lowest BCUT2D eigenvalue weighted by atomic mass is 9.98. The quantitative estimate of drug-likeness (QED) is 0.0501. The van der Waals surface area contributed by atoms with Crippen molar-refractivity contribution < 1.29 is 37.1 Å². The van der Waals surface area contributed by atoms with E-state index in [2.05, 4.69) is 23.1 Å². The van der Waals surface area contributed by atoms with E-state index in [9.17, 15) is 19.1 Å². The van der Waals surface area contributed by atoms with E-state index in [1.54, 1.807) is 12.1 Å². The van der Waals surface area contributed by atoms with Gasteiger partial charge in [0, 0.05) is 12.2 Å². The molecule has 1 fully saturated rings. The molecule has 0 aliphatic carbocycles. The number of ether oxygens (including phenoxy) is 3. The predicted molar refractivity (Wildman–Crippen MR) is 211 cm³/mol. The molecule has 0 spiro atoms. The van der Waals surface area contributed by atoms with Gasteiger partial charge in [-0.1, -0.05) is 109 Å². The number of rotatable bonds is 29. The van der Waals surface area contributed by atoms with Crippen molar-refractivity contribution in [2.75, 3.05) is 32.2 Å². The van der Waals surface area contributed by atoms with Crippen molar-refractivity contribution in [2.45, 2.75) is 147 Å². The summed E-state index contributed by atoms with van der Waals surface area (Å²) in [5.74, 6) is -0.339. The van der Waals surface area contributed by atoms with Crippen LogP contribution in [-0.2, 0) is 40.0 Å². The van der Waals surface area contributed by atoms with Gasteiger partial charge in [0.25, 0.3) is 0 Å². The molecule has 0 saturated carbocycles. The number of halogens is 1. The van der Waals surface area contributed by atoms with E-state index in [0.717, 1.165) is 25.3 Å². The molecule has 1 aromatic carbocycles. The minimum atomic E-state index is -4.60. The molecule has 1 saturated heterocycles. The van der Waals surface area contributed by atoms with Gasteiger partial charge in [0.2, 0.25) is 0 Å². The Kier molecular flexibility index (Phi) is 19.7. The summed E-state index contributed by atoms with van der Waals surface area (Å²) >= 11 is 0. The van der Waals surface area contributed by atoms with Gasteiger partial charge in [-0.15, -0.1) is 0 Å². The van der Waals surface area contributed by atoms with Gasteiger partial charge in [-0.2, -0.15) is 15.6 Å². The van der Waals surface area contributed by atoms with Crippen LogP contribution in [0.5, 0.6) is 0 Å². The third-order valence-electron chi connectivity index (χ3n) is 10.2. The van der Waals surface area contributed by atoms with Gasteiger partial charge in [0.1, 0.15) is 29.8 Å². The number of nitrogen functional groups attached to an aromatic ring is 1. The summed E-state index contributed by atoms with van der Waals surface area (Å²) in [6.07, 6.45) is 20.8. The van der Waals surface area contributed by atoms with Gasteiger partial charge in [0.05, 0.1) is 49.9 Å². The van der Waals surface area contributed by atoms with Gasteiger partial charge in [-0.25, -0.2) is 18.5 Å². The fourth-order valence-corrected chi connectivity index (χ4v) is 7.70. The van der Waals surface area contributed by atoms with Gasteiger partial charge in [-0.3, -0.25) is 9.05 Å². The molecular formula is C41H60FN6O7P. The van der Waals surface area contributed by atoms with Crippen LogP contribution in [0.15, 0.2) is 36.7 Å². The van der Waals surface area contributed by atoms with Crippen LogP contribution in [0, 0.1) is 28.5 Å². The normalized spacial score (nSPS) is 18.5. The van der Waals surface area contributed by atoms with Crippen LogP contribution in [0.4, 0.5) is 10.2 Å². The molecule has 308 valence electrons. The van der Waals surface area contributed by atoms with Gasteiger partial charge in [0.15, 0.2) is 11.4 Å². The van der Waals surface area contributed by atoms with Crippen LogP contribution in [-0.4, -0.2) is 58.1 Å². The number of anilines is 1. The third-order valence-corrected chi connectivity index (χ3v) is 11.2. The molecule has 4 atom stereocenters. The molecule has 15 heteroatoms. The minimum Gasteiger partial charge on any atom is -0.382 e. The van der Waals surface area contributed by atoms with Crippen LogP contribution in [0.2, 0.25) is 0 Å². The topological polar surface area (TPSA) is 187 Å². The lowest BCUT2D eigenvalue weighted by Crippen LogP contribution is -2.28. The Morgan fingerprint density at radius 2 is 1.64 bits per heavy atom. The molecule has 1 aliphatic rings. The molecule has 3 heterocycles. The summed E-state index contributed by atoms with van der Waals surface area (Å²) in [7, 11) is -4.60. The molecular weight excluding hydrogens is 738 g/mol. The first kappa shape index (κ1) is 45.2. The summed E-state index contributed by atoms with van der Waals surface area (Å²) in [4.78, 5) is 14.5. The summed E-state index contributed by atoms with van der Waals surface area (Å²) < 4.78 is 57.4. The van der Waals surface area contributed by atoms with Crippen LogP contribution < -0.4 is 5.73 Å². The zero-order valence-corrected chi connectivity index (χ0v) is 33.8. The second kappa shape index (κ2) is 24.3. The number of phosphoric ester groups is 1. The largest absolute Gasteiger partial charge is 0.472 e. The summed E-state index contributed by atoms with van der Waals surface area (Å²) in [6, 6.07) is 11.6. The maximum Gasteiger partial charge on any atom is 0.472 e. The first-order valence-electron chi connectivity index (χ1n) is 20.4. The van der Waals surface area contributed by atoms with Crippen molar-refractivity contribution in [3.63, 3.8) is 0 Å². The Labute approximate surface area is 331 Å². The van der Waals surface area contributed by atoms with E-state index in [-0.39, 0.29) is 43.4 Å². The van der Waals surface area contributed by atoms with Crippen molar-refractivity contribution in [3.8, 4) is 12.1 Å². The number of nitrogens with zero attached hydrogens (tertiary/aromatic N) is 5. The number of fused-ring (bicyclic) bond motifs is 1. The highest BCUT2D eigenvalue weighted by atomic mass is 31.2. The molecule has 0 bridgehead atoms. The SMILES string of the molecule is CCCCCCCCCCCCCCCCCCOC[C@H](COP(=O)(O)OC[C@@H]1CC[C@](C#N)(c2ccc3c(N)ncnn23)O1)OCc1ccc(C#N)cc1F. The Morgan fingerprint density at radius 1 is 0.982 bits per heavy atom. The van der Waals surface area contributed by atoms with Crippen LogP contribution in [0.3, 0.4) is 0 Å². The Morgan fingerprint density at radius 3 is 2.27 bits per heavy atom. The number of hydrogen-bond donors (Lipinski definition) is 2. The fourth-order valence-electron chi connectivity index (χ4n) is 6.92. The Bertz CT molecular complexity index is 1750. The standard InChI is InChI=1S/C41H60FN6O7P/c1-2-3-4-5-6-7-8-9-10-11-12-13-14-15-16-17-24-51-28-36(52-27-34-19-18-33(26-43)25-37(34)42)30-54-56(49,50)53-29-35-22-23-41(31-44,55-35)39-21-20-38-40(45)46-32-47-48(38)39/h18-21,25,32,35-36H,2-17,22-24,27-30H2,1H3,(H,49,50)(H2,45,46,47)/t35-,36+,41-/m0/s1. The van der Waals surface area contributed by atoms with Crippen LogP contribution >= 0.6 is 7.82 Å². The first-order chi connectivity index (χ1) is 27.2. The van der Waals surface area contributed by atoms with Crippen molar-refractivity contribution in [3.05, 3.63) is 59.3 Å². The number of hydrogen-bond acceptors (Lipinski definition) is 11. The lowest BCUT2D eigenvalue weighted by molar-refractivity contribution is -0.0565. The molecule has 1 unspecified atom stereocenters. The second-order valence-electron chi connectivity index (χ2n) is 14.7. The number of aromatic nitrogens is 3. The molecule has 0 radical (unpaired) electrons. The van der Waals surface area contributed by atoms with Crippen LogP contribution in [0.1, 0.15) is 139 Å². The van der Waals surface area contributed by atoms with E-state index in [1.807, 2.05) is 6.07 Å². The molecule has 1 aliphatic heterocycles. The lowest BCUT2D eigenvalue weighted by Gasteiger charge is -2.23. The molecule has 2 aromatic heterocycles. The van der Waals surface area contributed by atoms with Gasteiger partial charge in [-0.05, 0) is 43.5 Å². The monoisotopic (exact) mass is 798 g/mol. The predicted octanol–water partition coefficient (Wildman–Crippen LogP) is 9.22. The van der Waals surface area contributed by atoms with E-state index in [1.165, 1.54) is 106 Å². The highest BCUT2D eigenvalue weighted by Crippen LogP contribution is 2.46. The van der Waals surface area contributed by atoms with Crippen molar-refractivity contribution in [1.29, 1.82) is 10.5 Å². The smallest absolute Gasteiger partial charge is 0.382 e. The maximum absolute atomic E-state index is 14.6. The average molecular weight is 799 g/mol. The van der Waals surface area contributed by atoms with Crippen LogP contribution in [0.25, 0.3) is 5.52 Å². The first-order valence-corrected chi connectivity index (χ1v) is 21.9. The second-order valence-corrected chi connectivity index (χ2v) is 16.1. The summed E-state index contributed by atoms with van der Waals surface area (Å²) in [5.41, 5.74) is 5.98. The molecule has 0 amide bonds. The van der Waals surface area contributed by atoms with Gasteiger partial charge < -0.3 is 24.8 Å². The van der Waals surface area contributed by atoms with E-state index in [4.69, 9.17) is 34.3 Å². The van der Waals surface area contributed by atoms with Crippen molar-refractivity contribution >= 4 is 19.2 Å². The molecule has 3 aromatic rings. The highest BCUT2D eigenvalue weighted by molar-refractivity contribution is 7.47. The number of phosphoric acid groups is 1. The Hall–Kier alpha value is -3.46. The number of benzene rings is 1. The zero-order chi connectivity index (χ0) is 40.1. The van der Waals surface area contributed by atoms with E-state index < -0.39 is 31.4 Å². The highest BCUT2D eigenvalue weighted by Gasteiger charge is 2.45. The molecule has 3 N–H and O–H groups in total. The number of nitriles is 2. The van der Waals surface area contributed by atoms with Crippen molar-refractivity contribution in [2.24, 2.45) is 0 Å². The maximum atomic E-state index is 14.6. The average Bonchev–Trinajstić information content (AvgIpc) is 3.84. The number of unbranched alkanes of at least 4 members (excludes halogenated alkanes) is 15. The van der Waals surface area contributed by atoms with E-state index >= 15 is 0 Å². The summed E-state index contributed by atoms with van der Waals surface area (Å²) in [5, 5.41) is 23.4. The van der Waals surface area contributed by atoms with E-state index in [0.29, 0.717) is 30.7 Å². The zero-order valence-electron chi connectivity index (χ0n) is 32.9. The number of nitrogens with two attached hydrogens (primary N) is 1. The molecule has 13 nitrogen and oxygen atoms in total. The minimum absolute atomic E-state index is 0.0480. The third kappa shape index (κ3) is 14.8.